The molecule has 0 aliphatic rings. The molecule has 7 heteroatoms. The molecule has 1 heterocycles. The normalized spacial score (nSPS) is 10.6. The fourth-order valence-corrected chi connectivity index (χ4v) is 4.23. The van der Waals surface area contributed by atoms with E-state index in [4.69, 9.17) is 9.47 Å². The standard InChI is InChI=1S/C24H20N2O4S/c1-16(28)26(21-9-5-6-10-23(21)29-2)24-25-18(15-31-24)14-30-22-12-11-17-7-3-4-8-19(17)20(22)13-27/h3-13,15H,14H2,1-2H3. The lowest BCUT2D eigenvalue weighted by Gasteiger charge is -2.20. The molecule has 4 rings (SSSR count). The molecule has 0 spiro atoms. The Bertz CT molecular complexity index is 1250. The van der Waals surface area contributed by atoms with Crippen molar-refractivity contribution in [3.8, 4) is 11.5 Å². The van der Waals surface area contributed by atoms with Gasteiger partial charge in [0, 0.05) is 12.3 Å². The summed E-state index contributed by atoms with van der Waals surface area (Å²) in [5, 5.41) is 4.17. The number of rotatable bonds is 7. The first-order valence-electron chi connectivity index (χ1n) is 9.60. The van der Waals surface area contributed by atoms with E-state index in [1.54, 1.807) is 19.2 Å². The van der Waals surface area contributed by atoms with Crippen LogP contribution in [0.5, 0.6) is 11.5 Å². The van der Waals surface area contributed by atoms with E-state index >= 15 is 0 Å². The molecule has 0 fully saturated rings. The lowest BCUT2D eigenvalue weighted by atomic mass is 10.0. The molecule has 0 saturated carbocycles. The Morgan fingerprint density at radius 1 is 1.06 bits per heavy atom. The van der Waals surface area contributed by atoms with Crippen LogP contribution in [0.15, 0.2) is 66.0 Å². The van der Waals surface area contributed by atoms with Gasteiger partial charge in [-0.2, -0.15) is 0 Å². The molecule has 31 heavy (non-hydrogen) atoms. The Hall–Kier alpha value is -3.71. The molecule has 0 aliphatic carbocycles. The number of fused-ring (bicyclic) bond motifs is 1. The van der Waals surface area contributed by atoms with E-state index in [2.05, 4.69) is 4.98 Å². The van der Waals surface area contributed by atoms with E-state index in [-0.39, 0.29) is 12.5 Å². The van der Waals surface area contributed by atoms with Gasteiger partial charge >= 0.3 is 0 Å². The Balaban J connectivity index is 1.59. The predicted octanol–water partition coefficient (Wildman–Crippen LogP) is 5.38. The number of ether oxygens (including phenoxy) is 2. The van der Waals surface area contributed by atoms with Crippen LogP contribution in [-0.2, 0) is 11.4 Å². The van der Waals surface area contributed by atoms with Crippen molar-refractivity contribution < 1.29 is 19.1 Å². The summed E-state index contributed by atoms with van der Waals surface area (Å²) < 4.78 is 11.3. The third-order valence-corrected chi connectivity index (χ3v) is 5.67. The molecule has 0 bridgehead atoms. The third-order valence-electron chi connectivity index (χ3n) is 4.80. The summed E-state index contributed by atoms with van der Waals surface area (Å²) in [5.41, 5.74) is 1.79. The number of carbonyl (C=O) groups excluding carboxylic acids is 2. The molecule has 4 aromatic rings. The van der Waals surface area contributed by atoms with Crippen LogP contribution in [0.2, 0.25) is 0 Å². The SMILES string of the molecule is COc1ccccc1N(C(C)=O)c1nc(COc2ccc3ccccc3c2C=O)cs1. The second kappa shape index (κ2) is 8.97. The first-order valence-corrected chi connectivity index (χ1v) is 10.5. The van der Waals surface area contributed by atoms with Crippen LogP contribution < -0.4 is 14.4 Å². The highest BCUT2D eigenvalue weighted by molar-refractivity contribution is 7.14. The van der Waals surface area contributed by atoms with Crippen LogP contribution in [-0.4, -0.2) is 24.3 Å². The van der Waals surface area contributed by atoms with Gasteiger partial charge in [-0.1, -0.05) is 42.5 Å². The van der Waals surface area contributed by atoms with Crippen LogP contribution in [0, 0.1) is 0 Å². The molecular weight excluding hydrogens is 412 g/mol. The molecule has 3 aromatic carbocycles. The van der Waals surface area contributed by atoms with Crippen LogP contribution in [0.3, 0.4) is 0 Å². The van der Waals surface area contributed by atoms with E-state index < -0.39 is 0 Å². The Morgan fingerprint density at radius 3 is 2.61 bits per heavy atom. The maximum atomic E-state index is 12.4. The predicted molar refractivity (Wildman–Crippen MR) is 122 cm³/mol. The van der Waals surface area contributed by atoms with Gasteiger partial charge in [0.2, 0.25) is 5.91 Å². The maximum absolute atomic E-state index is 12.4. The van der Waals surface area contributed by atoms with Crippen molar-refractivity contribution in [3.63, 3.8) is 0 Å². The lowest BCUT2D eigenvalue weighted by molar-refractivity contribution is -0.115. The van der Waals surface area contributed by atoms with E-state index in [0.29, 0.717) is 33.6 Å². The summed E-state index contributed by atoms with van der Waals surface area (Å²) in [4.78, 5) is 30.2. The molecule has 1 amide bonds. The highest BCUT2D eigenvalue weighted by atomic mass is 32.1. The number of amides is 1. The van der Waals surface area contributed by atoms with Gasteiger partial charge in [0.25, 0.3) is 0 Å². The van der Waals surface area contributed by atoms with Gasteiger partial charge in [0.1, 0.15) is 18.1 Å². The van der Waals surface area contributed by atoms with Crippen molar-refractivity contribution in [2.45, 2.75) is 13.5 Å². The third kappa shape index (κ3) is 4.13. The smallest absolute Gasteiger partial charge is 0.230 e. The molecule has 0 radical (unpaired) electrons. The number of hydrogen-bond donors (Lipinski definition) is 0. The molecule has 0 unspecified atom stereocenters. The van der Waals surface area contributed by atoms with Crippen molar-refractivity contribution in [1.29, 1.82) is 0 Å². The number of carbonyl (C=O) groups is 2. The lowest BCUT2D eigenvalue weighted by Crippen LogP contribution is -2.23. The first kappa shape index (κ1) is 20.6. The highest BCUT2D eigenvalue weighted by Gasteiger charge is 2.21. The zero-order chi connectivity index (χ0) is 21.8. The number of aldehydes is 1. The monoisotopic (exact) mass is 432 g/mol. The van der Waals surface area contributed by atoms with Gasteiger partial charge in [-0.15, -0.1) is 11.3 Å². The van der Waals surface area contributed by atoms with Gasteiger partial charge in [-0.25, -0.2) is 4.98 Å². The van der Waals surface area contributed by atoms with E-state index in [1.165, 1.54) is 23.2 Å². The van der Waals surface area contributed by atoms with Gasteiger partial charge in [0.05, 0.1) is 24.1 Å². The number of para-hydroxylation sites is 2. The van der Waals surface area contributed by atoms with Gasteiger partial charge in [0.15, 0.2) is 11.4 Å². The van der Waals surface area contributed by atoms with Crippen LogP contribution in [0.25, 0.3) is 10.8 Å². The minimum atomic E-state index is -0.177. The van der Waals surface area contributed by atoms with Crippen molar-refractivity contribution in [3.05, 3.63) is 77.3 Å². The summed E-state index contributed by atoms with van der Waals surface area (Å²) in [6, 6.07) is 18.7. The number of nitrogens with zero attached hydrogens (tertiary/aromatic N) is 2. The summed E-state index contributed by atoms with van der Waals surface area (Å²) >= 11 is 1.34. The van der Waals surface area contributed by atoms with E-state index in [1.807, 2.05) is 53.9 Å². The average Bonchev–Trinajstić information content (AvgIpc) is 3.25. The van der Waals surface area contributed by atoms with E-state index in [9.17, 15) is 9.59 Å². The number of anilines is 2. The fraction of sp³-hybridized carbons (Fsp3) is 0.125. The van der Waals surface area contributed by atoms with Gasteiger partial charge < -0.3 is 9.47 Å². The molecule has 156 valence electrons. The number of thiazole rings is 1. The molecular formula is C24H20N2O4S. The largest absolute Gasteiger partial charge is 0.495 e. The van der Waals surface area contributed by atoms with E-state index in [0.717, 1.165) is 17.1 Å². The molecule has 0 aliphatic heterocycles. The average molecular weight is 433 g/mol. The second-order valence-electron chi connectivity index (χ2n) is 6.75. The molecule has 0 saturated heterocycles. The van der Waals surface area contributed by atoms with Crippen molar-refractivity contribution in [1.82, 2.24) is 4.98 Å². The highest BCUT2D eigenvalue weighted by Crippen LogP contribution is 2.35. The zero-order valence-corrected chi connectivity index (χ0v) is 17.9. The van der Waals surface area contributed by atoms with Gasteiger partial charge in [-0.05, 0) is 29.0 Å². The Kier molecular flexibility index (Phi) is 5.95. The summed E-state index contributed by atoms with van der Waals surface area (Å²) in [7, 11) is 1.56. The number of benzene rings is 3. The maximum Gasteiger partial charge on any atom is 0.230 e. The van der Waals surface area contributed by atoms with Crippen LogP contribution in [0.1, 0.15) is 23.0 Å². The quantitative estimate of drug-likeness (QED) is 0.367. The number of aromatic nitrogens is 1. The number of methoxy groups -OCH3 is 1. The van der Waals surface area contributed by atoms with Gasteiger partial charge in [-0.3, -0.25) is 14.5 Å². The molecule has 0 N–H and O–H groups in total. The molecule has 1 aromatic heterocycles. The second-order valence-corrected chi connectivity index (χ2v) is 7.59. The molecule has 0 atom stereocenters. The zero-order valence-electron chi connectivity index (χ0n) is 17.1. The summed E-state index contributed by atoms with van der Waals surface area (Å²) in [6.45, 7) is 1.66. The number of hydrogen-bond acceptors (Lipinski definition) is 6. The summed E-state index contributed by atoms with van der Waals surface area (Å²) in [5.74, 6) is 0.901. The van der Waals surface area contributed by atoms with Crippen molar-refractivity contribution in [2.75, 3.05) is 12.0 Å². The Morgan fingerprint density at radius 2 is 1.84 bits per heavy atom. The summed E-state index contributed by atoms with van der Waals surface area (Å²) in [6.07, 6.45) is 0.809. The Labute approximate surface area is 183 Å². The topological polar surface area (TPSA) is 68.7 Å². The molecule has 6 nitrogen and oxygen atoms in total. The van der Waals surface area contributed by atoms with Crippen molar-refractivity contribution in [2.24, 2.45) is 0 Å². The van der Waals surface area contributed by atoms with Crippen LogP contribution >= 0.6 is 11.3 Å². The fourth-order valence-electron chi connectivity index (χ4n) is 3.36. The van der Waals surface area contributed by atoms with Crippen molar-refractivity contribution >= 4 is 45.1 Å². The van der Waals surface area contributed by atoms with Crippen LogP contribution in [0.4, 0.5) is 10.8 Å². The first-order chi connectivity index (χ1) is 15.1. The minimum Gasteiger partial charge on any atom is -0.495 e. The minimum absolute atomic E-state index is 0.174.